The van der Waals surface area contributed by atoms with E-state index in [1.807, 2.05) is 29.2 Å². The zero-order chi connectivity index (χ0) is 22.5. The maximum absolute atomic E-state index is 13.4. The Morgan fingerprint density at radius 3 is 2.50 bits per heavy atom. The number of anilines is 2. The second kappa shape index (κ2) is 7.94. The molecule has 1 amide bonds. The highest BCUT2D eigenvalue weighted by Gasteiger charge is 2.33. The van der Waals surface area contributed by atoms with Crippen molar-refractivity contribution in [3.05, 3.63) is 88.4 Å². The van der Waals surface area contributed by atoms with Crippen molar-refractivity contribution in [3.8, 4) is 0 Å². The van der Waals surface area contributed by atoms with Gasteiger partial charge in [0.25, 0.3) is 15.9 Å². The van der Waals surface area contributed by atoms with Crippen LogP contribution < -0.4 is 9.21 Å². The Labute approximate surface area is 193 Å². The summed E-state index contributed by atoms with van der Waals surface area (Å²) in [6.07, 6.45) is 2.26. The largest absolute Gasteiger partial charge is 0.305 e. The SMILES string of the molecule is CC1Cc2ccccc2N1C(=O)c1ccc2c(c1)CCCN2S(=O)(=O)c1ccc(Cl)cc1. The van der Waals surface area contributed by atoms with E-state index in [-0.39, 0.29) is 16.8 Å². The van der Waals surface area contributed by atoms with E-state index >= 15 is 0 Å². The predicted octanol–water partition coefficient (Wildman–Crippen LogP) is 5.07. The van der Waals surface area contributed by atoms with Gasteiger partial charge in [-0.3, -0.25) is 9.10 Å². The van der Waals surface area contributed by atoms with E-state index in [0.29, 0.717) is 29.2 Å². The molecule has 3 aromatic rings. The van der Waals surface area contributed by atoms with Gasteiger partial charge in [-0.25, -0.2) is 8.42 Å². The van der Waals surface area contributed by atoms with Gasteiger partial charge in [-0.1, -0.05) is 29.8 Å². The van der Waals surface area contributed by atoms with Crippen LogP contribution in [0.5, 0.6) is 0 Å². The Bertz CT molecular complexity index is 1310. The zero-order valence-corrected chi connectivity index (χ0v) is 19.2. The van der Waals surface area contributed by atoms with E-state index in [9.17, 15) is 13.2 Å². The Balaban J connectivity index is 1.49. The Kier molecular flexibility index (Phi) is 5.22. The normalized spacial score (nSPS) is 17.8. The molecule has 5 nitrogen and oxygen atoms in total. The van der Waals surface area contributed by atoms with Crippen LogP contribution >= 0.6 is 11.6 Å². The summed E-state index contributed by atoms with van der Waals surface area (Å²) in [4.78, 5) is 15.5. The highest BCUT2D eigenvalue weighted by Crippen LogP contribution is 2.36. The molecule has 0 saturated heterocycles. The lowest BCUT2D eigenvalue weighted by Gasteiger charge is -2.31. The summed E-state index contributed by atoms with van der Waals surface area (Å²) in [6.45, 7) is 2.46. The number of aryl methyl sites for hydroxylation is 1. The van der Waals surface area contributed by atoms with Crippen molar-refractivity contribution in [1.29, 1.82) is 0 Å². The van der Waals surface area contributed by atoms with Gasteiger partial charge in [0.05, 0.1) is 10.6 Å². The third-order valence-electron chi connectivity index (χ3n) is 6.23. The van der Waals surface area contributed by atoms with Crippen molar-refractivity contribution in [2.24, 2.45) is 0 Å². The Morgan fingerprint density at radius 2 is 1.72 bits per heavy atom. The predicted molar refractivity (Wildman–Crippen MR) is 127 cm³/mol. The number of sulfonamides is 1. The Hall–Kier alpha value is -2.83. The van der Waals surface area contributed by atoms with Crippen molar-refractivity contribution >= 4 is 38.9 Å². The van der Waals surface area contributed by atoms with Gasteiger partial charge in [0, 0.05) is 28.9 Å². The first-order chi connectivity index (χ1) is 15.4. The van der Waals surface area contributed by atoms with Gasteiger partial charge in [0.2, 0.25) is 0 Å². The molecule has 0 spiro atoms. The molecule has 0 saturated carbocycles. The van der Waals surface area contributed by atoms with Crippen LogP contribution in [0.1, 0.15) is 34.8 Å². The lowest BCUT2D eigenvalue weighted by atomic mass is 10.00. The molecule has 2 aliphatic rings. The highest BCUT2D eigenvalue weighted by atomic mass is 35.5. The quantitative estimate of drug-likeness (QED) is 0.541. The molecule has 7 heteroatoms. The number of carbonyl (C=O) groups excluding carboxylic acids is 1. The van der Waals surface area contributed by atoms with Crippen LogP contribution in [0.2, 0.25) is 5.02 Å². The fraction of sp³-hybridized carbons (Fsp3) is 0.240. The number of nitrogens with zero attached hydrogens (tertiary/aromatic N) is 2. The third kappa shape index (κ3) is 3.48. The van der Waals surface area contributed by atoms with Crippen LogP contribution in [0.25, 0.3) is 0 Å². The molecule has 0 bridgehead atoms. The molecule has 3 aromatic carbocycles. The third-order valence-corrected chi connectivity index (χ3v) is 8.31. The average molecular weight is 467 g/mol. The number of rotatable bonds is 3. The number of fused-ring (bicyclic) bond motifs is 2. The number of para-hydroxylation sites is 1. The summed E-state index contributed by atoms with van der Waals surface area (Å²) < 4.78 is 28.0. The maximum atomic E-state index is 13.4. The summed E-state index contributed by atoms with van der Waals surface area (Å²) in [5, 5.41) is 0.490. The minimum Gasteiger partial charge on any atom is -0.305 e. The van der Waals surface area contributed by atoms with Crippen molar-refractivity contribution in [3.63, 3.8) is 0 Å². The second-order valence-corrected chi connectivity index (χ2v) is 10.6. The van der Waals surface area contributed by atoms with Crippen molar-refractivity contribution < 1.29 is 13.2 Å². The van der Waals surface area contributed by atoms with Crippen LogP contribution in [0, 0.1) is 0 Å². The van der Waals surface area contributed by atoms with Gasteiger partial charge < -0.3 is 4.90 Å². The monoisotopic (exact) mass is 466 g/mol. The average Bonchev–Trinajstić information content (AvgIpc) is 3.13. The fourth-order valence-electron chi connectivity index (χ4n) is 4.69. The second-order valence-electron chi connectivity index (χ2n) is 8.34. The topological polar surface area (TPSA) is 57.7 Å². The van der Waals surface area contributed by atoms with Gasteiger partial charge in [-0.05, 0) is 85.8 Å². The van der Waals surface area contributed by atoms with Crippen LogP contribution in [-0.4, -0.2) is 26.9 Å². The lowest BCUT2D eigenvalue weighted by molar-refractivity contribution is 0.0981. The van der Waals surface area contributed by atoms with E-state index in [1.165, 1.54) is 22.0 Å². The van der Waals surface area contributed by atoms with E-state index in [2.05, 4.69) is 13.0 Å². The van der Waals surface area contributed by atoms with E-state index in [4.69, 9.17) is 11.6 Å². The first-order valence-corrected chi connectivity index (χ1v) is 12.5. The van der Waals surface area contributed by atoms with Gasteiger partial charge in [0.1, 0.15) is 0 Å². The fourth-order valence-corrected chi connectivity index (χ4v) is 6.36. The van der Waals surface area contributed by atoms with Gasteiger partial charge in [-0.2, -0.15) is 0 Å². The van der Waals surface area contributed by atoms with Crippen molar-refractivity contribution in [2.45, 2.75) is 37.1 Å². The molecule has 0 aromatic heterocycles. The summed E-state index contributed by atoms with van der Waals surface area (Å²) in [5.41, 5.74) is 4.22. The molecule has 0 N–H and O–H groups in total. The highest BCUT2D eigenvalue weighted by molar-refractivity contribution is 7.92. The lowest BCUT2D eigenvalue weighted by Crippen LogP contribution is -2.37. The molecular formula is C25H23ClN2O3S. The van der Waals surface area contributed by atoms with E-state index in [0.717, 1.165) is 24.1 Å². The van der Waals surface area contributed by atoms with Gasteiger partial charge in [0.15, 0.2) is 0 Å². The number of hydrogen-bond donors (Lipinski definition) is 0. The first-order valence-electron chi connectivity index (χ1n) is 10.7. The number of benzene rings is 3. The number of halogens is 1. The minimum absolute atomic E-state index is 0.0528. The molecule has 2 aliphatic heterocycles. The summed E-state index contributed by atoms with van der Waals surface area (Å²) in [5.74, 6) is -0.0528. The van der Waals surface area contributed by atoms with Gasteiger partial charge >= 0.3 is 0 Å². The Morgan fingerprint density at radius 1 is 0.969 bits per heavy atom. The van der Waals surface area contributed by atoms with Crippen molar-refractivity contribution in [1.82, 2.24) is 0 Å². The van der Waals surface area contributed by atoms with Gasteiger partial charge in [-0.15, -0.1) is 0 Å². The molecule has 1 atom stereocenters. The molecule has 0 aliphatic carbocycles. The molecule has 32 heavy (non-hydrogen) atoms. The van der Waals surface area contributed by atoms with Crippen LogP contribution in [-0.2, 0) is 22.9 Å². The first kappa shape index (κ1) is 21.0. The number of amides is 1. The minimum atomic E-state index is -3.71. The summed E-state index contributed by atoms with van der Waals surface area (Å²) >= 11 is 5.93. The van der Waals surface area contributed by atoms with Crippen LogP contribution in [0.3, 0.4) is 0 Å². The van der Waals surface area contributed by atoms with E-state index in [1.54, 1.807) is 24.3 Å². The number of hydrogen-bond acceptors (Lipinski definition) is 3. The molecule has 164 valence electrons. The summed E-state index contributed by atoms with van der Waals surface area (Å²) in [6, 6.07) is 19.6. The molecular weight excluding hydrogens is 444 g/mol. The van der Waals surface area contributed by atoms with Crippen LogP contribution in [0.4, 0.5) is 11.4 Å². The molecule has 2 heterocycles. The standard InChI is InChI=1S/C25H23ClN2O3S/c1-17-15-18-5-2-3-7-24(18)28(17)25(29)20-8-13-23-19(16-20)6-4-14-27(23)32(30,31)22-11-9-21(26)10-12-22/h2-3,5,7-13,16-17H,4,6,14-15H2,1H3. The zero-order valence-electron chi connectivity index (χ0n) is 17.7. The smallest absolute Gasteiger partial charge is 0.264 e. The molecule has 0 fully saturated rings. The molecule has 5 rings (SSSR count). The number of carbonyl (C=O) groups is 1. The molecule has 1 unspecified atom stereocenters. The van der Waals surface area contributed by atoms with Crippen LogP contribution in [0.15, 0.2) is 71.6 Å². The summed E-state index contributed by atoms with van der Waals surface area (Å²) in [7, 11) is -3.71. The maximum Gasteiger partial charge on any atom is 0.264 e. The van der Waals surface area contributed by atoms with Crippen molar-refractivity contribution in [2.75, 3.05) is 15.7 Å². The molecule has 0 radical (unpaired) electrons. The van der Waals surface area contributed by atoms with E-state index < -0.39 is 10.0 Å².